The van der Waals surface area contributed by atoms with Gasteiger partial charge in [-0.2, -0.15) is 0 Å². The summed E-state index contributed by atoms with van der Waals surface area (Å²) in [6.07, 6.45) is 57.4. The van der Waals surface area contributed by atoms with Gasteiger partial charge in [-0.3, -0.25) is 37.3 Å². The second-order valence-corrected chi connectivity index (χ2v) is 30.4. The summed E-state index contributed by atoms with van der Waals surface area (Å²) in [5.74, 6) is -1.31. The lowest BCUT2D eigenvalue weighted by molar-refractivity contribution is -0.161. The van der Waals surface area contributed by atoms with E-state index in [4.69, 9.17) is 37.0 Å². The van der Waals surface area contributed by atoms with Crippen LogP contribution in [0.1, 0.15) is 394 Å². The van der Waals surface area contributed by atoms with Crippen LogP contribution in [0, 0.1) is 5.92 Å². The van der Waals surface area contributed by atoms with E-state index in [-0.39, 0.29) is 25.7 Å². The highest BCUT2D eigenvalue weighted by Gasteiger charge is 2.30. The Balaban J connectivity index is 5.10. The molecule has 0 aromatic rings. The molecule has 94 heavy (non-hydrogen) atoms. The number of carbonyl (C=O) groups excluding carboxylic acids is 4. The summed E-state index contributed by atoms with van der Waals surface area (Å²) in [6, 6.07) is 0. The van der Waals surface area contributed by atoms with Crippen LogP contribution in [0.2, 0.25) is 0 Å². The van der Waals surface area contributed by atoms with E-state index in [1.54, 1.807) is 0 Å². The number of hydrogen-bond donors (Lipinski definition) is 3. The number of phosphoric ester groups is 2. The third-order valence-corrected chi connectivity index (χ3v) is 19.4. The maximum atomic E-state index is 13.1. The van der Waals surface area contributed by atoms with Gasteiger partial charge in [0.15, 0.2) is 12.2 Å². The zero-order valence-electron chi connectivity index (χ0n) is 61.1. The van der Waals surface area contributed by atoms with Gasteiger partial charge in [-0.05, 0) is 31.6 Å². The van der Waals surface area contributed by atoms with Crippen LogP contribution in [0.3, 0.4) is 0 Å². The molecule has 0 bridgehead atoms. The quantitative estimate of drug-likeness (QED) is 0.0222. The molecule has 2 unspecified atom stereocenters. The lowest BCUT2D eigenvalue weighted by Crippen LogP contribution is -2.30. The normalized spacial score (nSPS) is 14.0. The molecule has 17 nitrogen and oxygen atoms in total. The Morgan fingerprint density at radius 1 is 0.287 bits per heavy atom. The summed E-state index contributed by atoms with van der Waals surface area (Å²) in [6.45, 7) is 7.22. The van der Waals surface area contributed by atoms with E-state index in [1.165, 1.54) is 193 Å². The monoisotopic (exact) mass is 1380 g/mol. The average Bonchev–Trinajstić information content (AvgIpc) is 1.44. The molecule has 0 saturated heterocycles. The van der Waals surface area contributed by atoms with Gasteiger partial charge in [0.05, 0.1) is 26.4 Å². The van der Waals surface area contributed by atoms with Gasteiger partial charge in [0.1, 0.15) is 19.3 Å². The van der Waals surface area contributed by atoms with Crippen LogP contribution in [0.25, 0.3) is 0 Å². The fraction of sp³-hybridized carbons (Fsp3) is 0.947. The second-order valence-electron chi connectivity index (χ2n) is 27.5. The van der Waals surface area contributed by atoms with Gasteiger partial charge < -0.3 is 33.8 Å². The van der Waals surface area contributed by atoms with Crippen molar-refractivity contribution in [1.29, 1.82) is 0 Å². The van der Waals surface area contributed by atoms with E-state index >= 15 is 0 Å². The number of aliphatic hydroxyl groups is 1. The number of hydrogen-bond acceptors (Lipinski definition) is 15. The highest BCUT2D eigenvalue weighted by Crippen LogP contribution is 2.45. The van der Waals surface area contributed by atoms with Crippen LogP contribution in [0.4, 0.5) is 0 Å². The summed E-state index contributed by atoms with van der Waals surface area (Å²) in [7, 11) is -9.89. The maximum Gasteiger partial charge on any atom is 0.472 e. The zero-order valence-corrected chi connectivity index (χ0v) is 62.9. The second kappa shape index (κ2) is 68.2. The number of esters is 4. The molecule has 3 N–H and O–H groups in total. The molecule has 0 aromatic heterocycles. The molecule has 0 saturated carbocycles. The summed E-state index contributed by atoms with van der Waals surface area (Å²) in [5, 5.41) is 10.6. The molecule has 19 heteroatoms. The standard InChI is InChI=1S/C75H146O17P2/c1-6-9-12-15-18-19-20-21-22-23-24-25-26-27-32-35-38-41-46-51-56-61-75(80)92-71(65-86-73(78)59-54-49-45-40-37-34-31-29-28-30-33-36-39-44-47-52-57-68(4)5)67-90-94(83,84)88-63-69(76)62-87-93(81,82)89-66-70(91-74(79)60-55-50-43-17-14-11-8-3)64-85-72(77)58-53-48-42-16-13-10-7-2/h68-71,76H,6-67H2,1-5H3,(H,81,82)(H,83,84)/t69-,70+,71+/m0/s1. The Hall–Kier alpha value is -1.94. The van der Waals surface area contributed by atoms with Crippen molar-refractivity contribution in [1.82, 2.24) is 0 Å². The van der Waals surface area contributed by atoms with Crippen molar-refractivity contribution in [2.75, 3.05) is 39.6 Å². The third kappa shape index (κ3) is 68.6. The van der Waals surface area contributed by atoms with Gasteiger partial charge in [0.2, 0.25) is 0 Å². The van der Waals surface area contributed by atoms with Crippen molar-refractivity contribution in [3.8, 4) is 0 Å². The number of ether oxygens (including phenoxy) is 4. The van der Waals surface area contributed by atoms with Crippen LogP contribution >= 0.6 is 15.6 Å². The molecule has 558 valence electrons. The minimum atomic E-state index is -4.95. The fourth-order valence-electron chi connectivity index (χ4n) is 11.5. The molecule has 0 fully saturated rings. The lowest BCUT2D eigenvalue weighted by atomic mass is 10.0. The van der Waals surface area contributed by atoms with Gasteiger partial charge >= 0.3 is 39.5 Å². The highest BCUT2D eigenvalue weighted by atomic mass is 31.2. The SMILES string of the molecule is CCCCCCCCCCCCCCCCCCCCCCCC(=O)O[C@H](COC(=O)CCCCCCCCCCCCCCCCCCC(C)C)COP(=O)(O)OC[C@@H](O)COP(=O)(O)OC[C@@H](COC(=O)CCCCCCCCC)OC(=O)CCCCCCCCC. The molecule has 0 amide bonds. The van der Waals surface area contributed by atoms with Crippen molar-refractivity contribution < 1.29 is 80.2 Å². The first-order valence-corrected chi connectivity index (χ1v) is 42.1. The van der Waals surface area contributed by atoms with Crippen LogP contribution in [0.5, 0.6) is 0 Å². The number of aliphatic hydroxyl groups excluding tert-OH is 1. The highest BCUT2D eigenvalue weighted by molar-refractivity contribution is 7.47. The van der Waals surface area contributed by atoms with E-state index in [2.05, 4.69) is 34.6 Å². The predicted octanol–water partition coefficient (Wildman–Crippen LogP) is 22.1. The smallest absolute Gasteiger partial charge is 0.462 e. The van der Waals surface area contributed by atoms with E-state index in [0.29, 0.717) is 25.7 Å². The summed E-state index contributed by atoms with van der Waals surface area (Å²) < 4.78 is 68.2. The molecular formula is C75H146O17P2. The first-order valence-electron chi connectivity index (χ1n) is 39.1. The summed E-state index contributed by atoms with van der Waals surface area (Å²) in [5.41, 5.74) is 0. The molecule has 0 heterocycles. The predicted molar refractivity (Wildman–Crippen MR) is 382 cm³/mol. The molecule has 5 atom stereocenters. The minimum Gasteiger partial charge on any atom is -0.462 e. The third-order valence-electron chi connectivity index (χ3n) is 17.5. The van der Waals surface area contributed by atoms with Crippen LogP contribution in [0.15, 0.2) is 0 Å². The Labute approximate surface area is 575 Å². The molecule has 0 radical (unpaired) electrons. The van der Waals surface area contributed by atoms with Crippen molar-refractivity contribution in [2.45, 2.75) is 412 Å². The van der Waals surface area contributed by atoms with Crippen LogP contribution < -0.4 is 0 Å². The van der Waals surface area contributed by atoms with Gasteiger partial charge in [-0.1, -0.05) is 343 Å². The Morgan fingerprint density at radius 3 is 0.723 bits per heavy atom. The molecule has 0 spiro atoms. The molecule has 0 aromatic carbocycles. The van der Waals surface area contributed by atoms with Gasteiger partial charge in [-0.25, -0.2) is 9.13 Å². The number of carbonyl (C=O) groups is 4. The van der Waals surface area contributed by atoms with Crippen LogP contribution in [-0.2, 0) is 65.4 Å². The maximum absolute atomic E-state index is 13.1. The minimum absolute atomic E-state index is 0.104. The topological polar surface area (TPSA) is 237 Å². The largest absolute Gasteiger partial charge is 0.472 e. The first kappa shape index (κ1) is 92.1. The molecular weight excluding hydrogens is 1230 g/mol. The average molecular weight is 1380 g/mol. The molecule has 0 rings (SSSR count). The summed E-state index contributed by atoms with van der Waals surface area (Å²) in [4.78, 5) is 72.4. The van der Waals surface area contributed by atoms with Gasteiger partial charge in [0.25, 0.3) is 0 Å². The first-order chi connectivity index (χ1) is 45.5. The molecule has 0 aliphatic carbocycles. The Morgan fingerprint density at radius 2 is 0.489 bits per heavy atom. The lowest BCUT2D eigenvalue weighted by Gasteiger charge is -2.21. The van der Waals surface area contributed by atoms with Gasteiger partial charge in [0, 0.05) is 25.7 Å². The molecule has 0 aliphatic rings. The van der Waals surface area contributed by atoms with E-state index in [0.717, 1.165) is 121 Å². The number of unbranched alkanes of at least 4 members (excludes halogenated alkanes) is 47. The van der Waals surface area contributed by atoms with E-state index < -0.39 is 97.5 Å². The molecule has 0 aliphatic heterocycles. The zero-order chi connectivity index (χ0) is 69.1. The van der Waals surface area contributed by atoms with Crippen molar-refractivity contribution >= 4 is 39.5 Å². The Bertz CT molecular complexity index is 1810. The van der Waals surface area contributed by atoms with Crippen LogP contribution in [-0.4, -0.2) is 96.7 Å². The number of phosphoric acid groups is 2. The summed E-state index contributed by atoms with van der Waals surface area (Å²) >= 11 is 0. The Kier molecular flexibility index (Phi) is 66.8. The van der Waals surface area contributed by atoms with Gasteiger partial charge in [-0.15, -0.1) is 0 Å². The van der Waals surface area contributed by atoms with E-state index in [1.807, 2.05) is 0 Å². The fourth-order valence-corrected chi connectivity index (χ4v) is 13.1. The van der Waals surface area contributed by atoms with E-state index in [9.17, 15) is 43.2 Å². The number of rotatable bonds is 75. The van der Waals surface area contributed by atoms with Crippen molar-refractivity contribution in [3.05, 3.63) is 0 Å². The van der Waals surface area contributed by atoms with Crippen molar-refractivity contribution in [2.24, 2.45) is 5.92 Å². The van der Waals surface area contributed by atoms with Crippen molar-refractivity contribution in [3.63, 3.8) is 0 Å².